The van der Waals surface area contributed by atoms with E-state index in [2.05, 4.69) is 29.1 Å². The summed E-state index contributed by atoms with van der Waals surface area (Å²) < 4.78 is 5.60. The molecule has 22 heavy (non-hydrogen) atoms. The maximum Gasteiger partial charge on any atom is 0.217 e. The molecule has 1 heterocycles. The van der Waals surface area contributed by atoms with E-state index in [0.29, 0.717) is 24.9 Å². The fourth-order valence-electron chi connectivity index (χ4n) is 2.70. The summed E-state index contributed by atoms with van der Waals surface area (Å²) in [7, 11) is 1.79. The van der Waals surface area contributed by atoms with Crippen molar-refractivity contribution < 1.29 is 9.53 Å². The van der Waals surface area contributed by atoms with Crippen molar-refractivity contribution in [1.82, 2.24) is 10.2 Å². The van der Waals surface area contributed by atoms with E-state index in [-0.39, 0.29) is 5.91 Å². The Hall–Kier alpha value is -1.30. The summed E-state index contributed by atoms with van der Waals surface area (Å²) >= 11 is 0. The molecule has 0 spiro atoms. The van der Waals surface area contributed by atoms with Gasteiger partial charge in [-0.1, -0.05) is 13.8 Å². The first-order valence-electron chi connectivity index (χ1n) is 8.34. The number of hydrogen-bond donors (Lipinski definition) is 2. The average molecular weight is 312 g/mol. The third kappa shape index (κ3) is 7.64. The SMILES string of the molecule is CN=C(NCCOCCC(C)C)N1CCCC(CC(N)=O)C1. The summed E-state index contributed by atoms with van der Waals surface area (Å²) in [5.74, 6) is 1.69. The molecule has 0 bridgehead atoms. The zero-order chi connectivity index (χ0) is 16.4. The Kier molecular flexibility index (Phi) is 8.89. The van der Waals surface area contributed by atoms with Gasteiger partial charge in [0.05, 0.1) is 6.61 Å². The minimum Gasteiger partial charge on any atom is -0.380 e. The number of piperidine rings is 1. The molecule has 6 heteroatoms. The Balaban J connectivity index is 2.27. The van der Waals surface area contributed by atoms with Gasteiger partial charge in [-0.05, 0) is 31.1 Å². The molecule has 128 valence electrons. The van der Waals surface area contributed by atoms with Crippen molar-refractivity contribution >= 4 is 11.9 Å². The van der Waals surface area contributed by atoms with E-state index < -0.39 is 0 Å². The fourth-order valence-corrected chi connectivity index (χ4v) is 2.70. The van der Waals surface area contributed by atoms with Crippen molar-refractivity contribution in [3.8, 4) is 0 Å². The number of nitrogens with zero attached hydrogens (tertiary/aromatic N) is 2. The summed E-state index contributed by atoms with van der Waals surface area (Å²) in [4.78, 5) is 17.6. The van der Waals surface area contributed by atoms with Crippen LogP contribution in [0.25, 0.3) is 0 Å². The van der Waals surface area contributed by atoms with E-state index in [1.807, 2.05) is 0 Å². The summed E-state index contributed by atoms with van der Waals surface area (Å²) in [6.45, 7) is 8.46. The van der Waals surface area contributed by atoms with Gasteiger partial charge in [0.25, 0.3) is 0 Å². The van der Waals surface area contributed by atoms with Gasteiger partial charge in [0, 0.05) is 39.7 Å². The maximum atomic E-state index is 11.1. The molecule has 1 aliphatic heterocycles. The van der Waals surface area contributed by atoms with Gasteiger partial charge in [-0.3, -0.25) is 9.79 Å². The van der Waals surface area contributed by atoms with Crippen LogP contribution in [0.5, 0.6) is 0 Å². The van der Waals surface area contributed by atoms with Crippen LogP contribution in [0.2, 0.25) is 0 Å². The number of amides is 1. The van der Waals surface area contributed by atoms with Gasteiger partial charge in [0.2, 0.25) is 5.91 Å². The monoisotopic (exact) mass is 312 g/mol. The van der Waals surface area contributed by atoms with Crippen molar-refractivity contribution in [2.75, 3.05) is 39.9 Å². The number of likely N-dealkylation sites (tertiary alicyclic amines) is 1. The number of aliphatic imine (C=N–C) groups is 1. The number of nitrogens with one attached hydrogen (secondary N) is 1. The predicted molar refractivity (Wildman–Crippen MR) is 89.7 cm³/mol. The number of primary amides is 1. The third-order valence-electron chi connectivity index (χ3n) is 3.89. The predicted octanol–water partition coefficient (Wildman–Crippen LogP) is 1.21. The number of carbonyl (C=O) groups excluding carboxylic acids is 1. The quantitative estimate of drug-likeness (QED) is 0.401. The largest absolute Gasteiger partial charge is 0.380 e. The zero-order valence-corrected chi connectivity index (χ0v) is 14.3. The normalized spacial score (nSPS) is 19.5. The molecule has 3 N–H and O–H groups in total. The van der Waals surface area contributed by atoms with Crippen LogP contribution in [0.4, 0.5) is 0 Å². The fraction of sp³-hybridized carbons (Fsp3) is 0.875. The van der Waals surface area contributed by atoms with Crippen LogP contribution in [0.1, 0.15) is 39.5 Å². The second kappa shape index (κ2) is 10.4. The molecule has 1 amide bonds. The summed E-state index contributed by atoms with van der Waals surface area (Å²) in [5, 5.41) is 3.34. The number of rotatable bonds is 8. The molecule has 1 unspecified atom stereocenters. The molecular weight excluding hydrogens is 280 g/mol. The number of guanidine groups is 1. The van der Waals surface area contributed by atoms with Crippen LogP contribution in [0.15, 0.2) is 4.99 Å². The Morgan fingerprint density at radius 1 is 1.45 bits per heavy atom. The zero-order valence-electron chi connectivity index (χ0n) is 14.3. The van der Waals surface area contributed by atoms with E-state index in [9.17, 15) is 4.79 Å². The molecule has 0 radical (unpaired) electrons. The summed E-state index contributed by atoms with van der Waals surface area (Å²) in [6.07, 6.45) is 3.69. The molecule has 1 saturated heterocycles. The van der Waals surface area contributed by atoms with Crippen LogP contribution in [-0.2, 0) is 9.53 Å². The van der Waals surface area contributed by atoms with Crippen molar-refractivity contribution in [2.45, 2.75) is 39.5 Å². The molecule has 0 saturated carbocycles. The van der Waals surface area contributed by atoms with E-state index in [4.69, 9.17) is 10.5 Å². The van der Waals surface area contributed by atoms with E-state index in [1.54, 1.807) is 7.05 Å². The Bertz CT molecular complexity index is 358. The van der Waals surface area contributed by atoms with Gasteiger partial charge in [0.1, 0.15) is 0 Å². The van der Waals surface area contributed by atoms with Crippen molar-refractivity contribution in [2.24, 2.45) is 22.6 Å². The highest BCUT2D eigenvalue weighted by atomic mass is 16.5. The molecule has 1 fully saturated rings. The van der Waals surface area contributed by atoms with E-state index >= 15 is 0 Å². The first kappa shape index (κ1) is 18.7. The standard InChI is InChI=1S/C16H32N4O2/c1-13(2)6-9-22-10-7-19-16(18-3)20-8-4-5-14(12-20)11-15(17)21/h13-14H,4-12H2,1-3H3,(H2,17,21)(H,18,19). The Morgan fingerprint density at radius 2 is 2.23 bits per heavy atom. The maximum absolute atomic E-state index is 11.1. The lowest BCUT2D eigenvalue weighted by Crippen LogP contribution is -2.47. The minimum atomic E-state index is -0.214. The van der Waals surface area contributed by atoms with Crippen molar-refractivity contribution in [1.29, 1.82) is 0 Å². The number of hydrogen-bond acceptors (Lipinski definition) is 3. The van der Waals surface area contributed by atoms with E-state index in [1.165, 1.54) is 0 Å². The molecule has 0 aromatic carbocycles. The molecular formula is C16H32N4O2. The topological polar surface area (TPSA) is 80.0 Å². The smallest absolute Gasteiger partial charge is 0.217 e. The van der Waals surface area contributed by atoms with Crippen molar-refractivity contribution in [3.05, 3.63) is 0 Å². The van der Waals surface area contributed by atoms with Crippen LogP contribution >= 0.6 is 0 Å². The molecule has 1 aliphatic rings. The average Bonchev–Trinajstić information content (AvgIpc) is 2.46. The van der Waals surface area contributed by atoms with E-state index in [0.717, 1.165) is 51.5 Å². The van der Waals surface area contributed by atoms with Crippen LogP contribution in [-0.4, -0.2) is 56.7 Å². The Labute approximate surface area is 134 Å². The molecule has 1 rings (SSSR count). The highest BCUT2D eigenvalue weighted by molar-refractivity contribution is 5.80. The summed E-state index contributed by atoms with van der Waals surface area (Å²) in [6, 6.07) is 0. The second-order valence-corrected chi connectivity index (χ2v) is 6.39. The molecule has 0 aromatic heterocycles. The molecule has 0 aliphatic carbocycles. The highest BCUT2D eigenvalue weighted by Crippen LogP contribution is 2.19. The first-order valence-corrected chi connectivity index (χ1v) is 8.34. The van der Waals surface area contributed by atoms with Gasteiger partial charge in [-0.2, -0.15) is 0 Å². The second-order valence-electron chi connectivity index (χ2n) is 6.39. The highest BCUT2D eigenvalue weighted by Gasteiger charge is 2.23. The lowest BCUT2D eigenvalue weighted by molar-refractivity contribution is -0.119. The molecule has 6 nitrogen and oxygen atoms in total. The van der Waals surface area contributed by atoms with Gasteiger partial charge in [0.15, 0.2) is 5.96 Å². The molecule has 0 aromatic rings. The van der Waals surface area contributed by atoms with Crippen LogP contribution < -0.4 is 11.1 Å². The lowest BCUT2D eigenvalue weighted by Gasteiger charge is -2.34. The van der Waals surface area contributed by atoms with Crippen molar-refractivity contribution in [3.63, 3.8) is 0 Å². The minimum absolute atomic E-state index is 0.214. The van der Waals surface area contributed by atoms with Crippen LogP contribution in [0, 0.1) is 11.8 Å². The number of nitrogens with two attached hydrogens (primary N) is 1. The number of carbonyl (C=O) groups is 1. The van der Waals surface area contributed by atoms with Gasteiger partial charge < -0.3 is 20.7 Å². The Morgan fingerprint density at radius 3 is 2.86 bits per heavy atom. The molecule has 1 atom stereocenters. The number of ether oxygens (including phenoxy) is 1. The lowest BCUT2D eigenvalue weighted by atomic mass is 9.95. The third-order valence-corrected chi connectivity index (χ3v) is 3.89. The van der Waals surface area contributed by atoms with Gasteiger partial charge >= 0.3 is 0 Å². The first-order chi connectivity index (χ1) is 10.5. The summed E-state index contributed by atoms with van der Waals surface area (Å²) in [5.41, 5.74) is 5.31. The van der Waals surface area contributed by atoms with Crippen LogP contribution in [0.3, 0.4) is 0 Å². The van der Waals surface area contributed by atoms with Gasteiger partial charge in [-0.25, -0.2) is 0 Å². The van der Waals surface area contributed by atoms with Gasteiger partial charge in [-0.15, -0.1) is 0 Å².